The number of benzene rings is 2. The minimum Gasteiger partial charge on any atom is -0.356 e. The van der Waals surface area contributed by atoms with E-state index in [1.54, 1.807) is 17.6 Å². The van der Waals surface area contributed by atoms with E-state index in [4.69, 9.17) is 9.47 Å². The fraction of sp³-hybridized carbons (Fsp3) is 0.417. The van der Waals surface area contributed by atoms with Crippen molar-refractivity contribution in [3.63, 3.8) is 0 Å². The summed E-state index contributed by atoms with van der Waals surface area (Å²) in [6.07, 6.45) is 1.62. The third-order valence-electron chi connectivity index (χ3n) is 5.02. The third kappa shape index (κ3) is 8.49. The first-order valence-electron chi connectivity index (χ1n) is 10.6. The number of hydrogen-bond donors (Lipinski definition) is 3. The van der Waals surface area contributed by atoms with Gasteiger partial charge in [-0.05, 0) is 49.4 Å². The van der Waals surface area contributed by atoms with Crippen LogP contribution >= 0.6 is 0 Å². The van der Waals surface area contributed by atoms with Crippen molar-refractivity contribution in [2.45, 2.75) is 39.2 Å². The monoisotopic (exact) mass is 428 g/mol. The van der Waals surface area contributed by atoms with Crippen LogP contribution in [0.25, 0.3) is 0 Å². The maximum atomic E-state index is 12.8. The van der Waals surface area contributed by atoms with E-state index in [-0.39, 0.29) is 19.3 Å². The first kappa shape index (κ1) is 24.5. The van der Waals surface area contributed by atoms with Crippen molar-refractivity contribution in [2.24, 2.45) is 5.92 Å². The first-order chi connectivity index (χ1) is 15.1. The van der Waals surface area contributed by atoms with E-state index in [0.717, 1.165) is 17.5 Å². The molecule has 3 N–H and O–H groups in total. The lowest BCUT2D eigenvalue weighted by Crippen LogP contribution is -2.42. The lowest BCUT2D eigenvalue weighted by Gasteiger charge is -2.24. The van der Waals surface area contributed by atoms with Crippen molar-refractivity contribution in [1.29, 1.82) is 0 Å². The van der Waals surface area contributed by atoms with E-state index in [2.05, 4.69) is 12.2 Å². The van der Waals surface area contributed by atoms with Gasteiger partial charge in [-0.3, -0.25) is 14.8 Å². The van der Waals surface area contributed by atoms with Crippen LogP contribution < -0.4 is 10.8 Å². The Bertz CT molecular complexity index is 795. The average molecular weight is 429 g/mol. The molecule has 2 aromatic carbocycles. The molecule has 2 rings (SSSR count). The number of carbonyl (C=O) groups excluding carboxylic acids is 2. The molecule has 168 valence electrons. The van der Waals surface area contributed by atoms with Gasteiger partial charge in [-0.25, -0.2) is 5.48 Å². The van der Waals surface area contributed by atoms with Gasteiger partial charge in [0.2, 0.25) is 5.91 Å². The molecule has 0 fully saturated rings. The van der Waals surface area contributed by atoms with Gasteiger partial charge in [-0.15, -0.1) is 0 Å². The molecule has 0 saturated carbocycles. The van der Waals surface area contributed by atoms with Crippen molar-refractivity contribution in [3.8, 4) is 0 Å². The van der Waals surface area contributed by atoms with Crippen LogP contribution in [0.1, 0.15) is 41.8 Å². The standard InChI is InChI=1S/C24H32N2O5/c1-3-18-10-12-20(13-11-18)23(27)25-22(16-31-17-30-4-2)15-21(24(28)26-29)14-19-8-6-5-7-9-19/h5-13,21-22,29H,3-4,14-17H2,1-2H3,(H,25,27)(H,26,28)/t21-,22-/m0/s1. The SMILES string of the molecule is CCOCOC[C@H](C[C@H](Cc1ccccc1)C(=O)NO)NC(=O)c1ccc(CC)cc1. The van der Waals surface area contributed by atoms with Gasteiger partial charge in [0.05, 0.1) is 12.6 Å². The Morgan fingerprint density at radius 2 is 1.68 bits per heavy atom. The van der Waals surface area contributed by atoms with Crippen molar-refractivity contribution < 1.29 is 24.3 Å². The van der Waals surface area contributed by atoms with Crippen LogP contribution in [0.4, 0.5) is 0 Å². The van der Waals surface area contributed by atoms with E-state index in [0.29, 0.717) is 25.0 Å². The summed E-state index contributed by atoms with van der Waals surface area (Å²) in [5, 5.41) is 12.2. The quantitative estimate of drug-likeness (QED) is 0.197. The zero-order valence-corrected chi connectivity index (χ0v) is 18.2. The Morgan fingerprint density at radius 3 is 2.29 bits per heavy atom. The highest BCUT2D eigenvalue weighted by atomic mass is 16.7. The van der Waals surface area contributed by atoms with Crippen molar-refractivity contribution in [2.75, 3.05) is 20.0 Å². The molecule has 2 aromatic rings. The molecule has 0 bridgehead atoms. The third-order valence-corrected chi connectivity index (χ3v) is 5.02. The summed E-state index contributed by atoms with van der Waals surface area (Å²) in [6.45, 7) is 4.72. The lowest BCUT2D eigenvalue weighted by atomic mass is 9.92. The maximum Gasteiger partial charge on any atom is 0.251 e. The molecule has 0 aliphatic rings. The highest BCUT2D eigenvalue weighted by Crippen LogP contribution is 2.16. The Labute approximate surface area is 183 Å². The van der Waals surface area contributed by atoms with Gasteiger partial charge in [0.25, 0.3) is 5.91 Å². The van der Waals surface area contributed by atoms with E-state index in [9.17, 15) is 14.8 Å². The van der Waals surface area contributed by atoms with Crippen LogP contribution in [0.2, 0.25) is 0 Å². The number of nitrogens with one attached hydrogen (secondary N) is 2. The molecule has 0 radical (unpaired) electrons. The summed E-state index contributed by atoms with van der Waals surface area (Å²) in [4.78, 5) is 25.1. The molecule has 0 aliphatic heterocycles. The largest absolute Gasteiger partial charge is 0.356 e. The summed E-state index contributed by atoms with van der Waals surface area (Å²) >= 11 is 0. The van der Waals surface area contributed by atoms with Crippen molar-refractivity contribution in [3.05, 3.63) is 71.3 Å². The second-order valence-corrected chi connectivity index (χ2v) is 7.30. The van der Waals surface area contributed by atoms with E-state index in [1.165, 1.54) is 0 Å². The van der Waals surface area contributed by atoms with E-state index >= 15 is 0 Å². The zero-order valence-electron chi connectivity index (χ0n) is 18.2. The number of hydroxylamine groups is 1. The smallest absolute Gasteiger partial charge is 0.251 e. The zero-order chi connectivity index (χ0) is 22.5. The molecular weight excluding hydrogens is 396 g/mol. The minimum atomic E-state index is -0.545. The summed E-state index contributed by atoms with van der Waals surface area (Å²) < 4.78 is 10.8. The van der Waals surface area contributed by atoms with Crippen LogP contribution in [-0.4, -0.2) is 43.1 Å². The van der Waals surface area contributed by atoms with Crippen LogP contribution in [-0.2, 0) is 27.1 Å². The Morgan fingerprint density at radius 1 is 0.968 bits per heavy atom. The summed E-state index contributed by atoms with van der Waals surface area (Å²) in [5.74, 6) is -1.29. The minimum absolute atomic E-state index is 0.101. The predicted molar refractivity (Wildman–Crippen MR) is 118 cm³/mol. The van der Waals surface area contributed by atoms with Crippen molar-refractivity contribution >= 4 is 11.8 Å². The number of hydrogen-bond acceptors (Lipinski definition) is 5. The molecule has 2 atom stereocenters. The molecular formula is C24H32N2O5. The molecule has 0 aromatic heterocycles. The molecule has 0 saturated heterocycles. The summed E-state index contributed by atoms with van der Waals surface area (Å²) in [6, 6.07) is 16.5. The summed E-state index contributed by atoms with van der Waals surface area (Å²) in [5.41, 5.74) is 4.40. The Kier molecular flexibility index (Phi) is 10.7. The van der Waals surface area contributed by atoms with Gasteiger partial charge < -0.3 is 14.8 Å². The second-order valence-electron chi connectivity index (χ2n) is 7.30. The number of aryl methyl sites for hydroxylation is 1. The van der Waals surface area contributed by atoms with Gasteiger partial charge >= 0.3 is 0 Å². The molecule has 0 unspecified atom stereocenters. The highest BCUT2D eigenvalue weighted by Gasteiger charge is 2.25. The Balaban J connectivity index is 2.10. The topological polar surface area (TPSA) is 96.9 Å². The lowest BCUT2D eigenvalue weighted by molar-refractivity contribution is -0.134. The molecule has 2 amide bonds. The predicted octanol–water partition coefficient (Wildman–Crippen LogP) is 3.11. The van der Waals surface area contributed by atoms with Crippen LogP contribution in [0.5, 0.6) is 0 Å². The number of rotatable bonds is 13. The molecule has 0 spiro atoms. The van der Waals surface area contributed by atoms with Crippen LogP contribution in [0.3, 0.4) is 0 Å². The highest BCUT2D eigenvalue weighted by molar-refractivity contribution is 5.94. The number of amides is 2. The van der Waals surface area contributed by atoms with Crippen molar-refractivity contribution in [1.82, 2.24) is 10.8 Å². The molecule has 0 aliphatic carbocycles. The molecule has 7 nitrogen and oxygen atoms in total. The number of ether oxygens (including phenoxy) is 2. The fourth-order valence-electron chi connectivity index (χ4n) is 3.28. The van der Waals surface area contributed by atoms with Gasteiger partial charge in [-0.2, -0.15) is 0 Å². The van der Waals surface area contributed by atoms with Gasteiger partial charge in [0.1, 0.15) is 6.79 Å². The fourth-order valence-corrected chi connectivity index (χ4v) is 3.28. The molecule has 31 heavy (non-hydrogen) atoms. The van der Waals surface area contributed by atoms with Gasteiger partial charge in [0.15, 0.2) is 0 Å². The van der Waals surface area contributed by atoms with E-state index in [1.807, 2.05) is 49.4 Å². The van der Waals surface area contributed by atoms with Gasteiger partial charge in [0, 0.05) is 18.1 Å². The normalized spacial score (nSPS) is 12.7. The average Bonchev–Trinajstić information content (AvgIpc) is 2.81. The second kappa shape index (κ2) is 13.5. The summed E-state index contributed by atoms with van der Waals surface area (Å²) in [7, 11) is 0. The van der Waals surface area contributed by atoms with E-state index < -0.39 is 17.9 Å². The van der Waals surface area contributed by atoms with Gasteiger partial charge in [-0.1, -0.05) is 49.4 Å². The number of carbonyl (C=O) groups is 2. The molecule has 0 heterocycles. The van der Waals surface area contributed by atoms with Crippen LogP contribution in [0, 0.1) is 5.92 Å². The van der Waals surface area contributed by atoms with Crippen LogP contribution in [0.15, 0.2) is 54.6 Å². The first-order valence-corrected chi connectivity index (χ1v) is 10.6. The molecule has 7 heteroatoms. The Hall–Kier alpha value is -2.74. The maximum absolute atomic E-state index is 12.8.